The van der Waals surface area contributed by atoms with Gasteiger partial charge >= 0.3 is 19.1 Å². The van der Waals surface area contributed by atoms with Crippen molar-refractivity contribution in [2.45, 2.75) is 32.2 Å². The number of aliphatic hydroxyl groups is 1. The second-order valence-corrected chi connectivity index (χ2v) is 4.23. The lowest BCUT2D eigenvalue weighted by molar-refractivity contribution is -0.146. The molecule has 1 N–H and O–H groups in total. The summed E-state index contributed by atoms with van der Waals surface area (Å²) in [5, 5.41) is 9.76. The first-order valence-corrected chi connectivity index (χ1v) is 5.78. The topological polar surface area (TPSA) is 76.1 Å². The van der Waals surface area contributed by atoms with E-state index in [0.29, 0.717) is 6.42 Å². The summed E-state index contributed by atoms with van der Waals surface area (Å²) < 4.78 is 9.83. The quantitative estimate of drug-likeness (QED) is 0.677. The van der Waals surface area contributed by atoms with Gasteiger partial charge in [0.05, 0.1) is 13.1 Å². The van der Waals surface area contributed by atoms with E-state index in [2.05, 4.69) is 0 Å². The van der Waals surface area contributed by atoms with E-state index in [1.165, 1.54) is 4.90 Å². The minimum atomic E-state index is -1.17. The lowest BCUT2D eigenvalue weighted by Crippen LogP contribution is -2.47. The summed E-state index contributed by atoms with van der Waals surface area (Å²) in [5.41, 5.74) is 0. The van der Waals surface area contributed by atoms with Gasteiger partial charge in [-0.15, -0.1) is 0 Å². The van der Waals surface area contributed by atoms with Crippen molar-refractivity contribution < 1.29 is 24.0 Å². The minimum absolute atomic E-state index is 0.0199. The highest BCUT2D eigenvalue weighted by Gasteiger charge is 2.38. The van der Waals surface area contributed by atoms with Crippen LogP contribution >= 0.6 is 0 Å². The van der Waals surface area contributed by atoms with Crippen molar-refractivity contribution in [3.63, 3.8) is 0 Å². The molecule has 1 unspecified atom stereocenters. The van der Waals surface area contributed by atoms with Crippen LogP contribution in [0.4, 0.5) is 0 Å². The van der Waals surface area contributed by atoms with E-state index in [-0.39, 0.29) is 13.1 Å². The van der Waals surface area contributed by atoms with Gasteiger partial charge < -0.3 is 14.4 Å². The predicted octanol–water partition coefficient (Wildman–Crippen LogP) is -0.403. The van der Waals surface area contributed by atoms with Gasteiger partial charge in [0.1, 0.15) is 6.00 Å². The smallest absolute Gasteiger partial charge is 0.497 e. The Morgan fingerprint density at radius 2 is 1.88 bits per heavy atom. The minimum Gasteiger partial charge on any atom is -0.497 e. The molecular weight excluding hydrogens is 225 g/mol. The highest BCUT2D eigenvalue weighted by atomic mass is 16.6. The summed E-state index contributed by atoms with van der Waals surface area (Å²) in [6, 6.07) is -0.953. The molecule has 1 saturated heterocycles. The molecule has 1 aliphatic heterocycles. The van der Waals surface area contributed by atoms with Crippen LogP contribution in [-0.4, -0.2) is 55.2 Å². The van der Waals surface area contributed by atoms with Crippen molar-refractivity contribution in [3.8, 4) is 0 Å². The van der Waals surface area contributed by atoms with E-state index < -0.39 is 25.1 Å². The zero-order chi connectivity index (χ0) is 12.8. The van der Waals surface area contributed by atoms with E-state index >= 15 is 0 Å². The number of carbonyl (C=O) groups is 2. The molecule has 0 aromatic carbocycles. The fourth-order valence-electron chi connectivity index (χ4n) is 1.56. The molecule has 1 rings (SSSR count). The highest BCUT2D eigenvalue weighted by Crippen LogP contribution is 2.09. The second-order valence-electron chi connectivity index (χ2n) is 4.23. The summed E-state index contributed by atoms with van der Waals surface area (Å²) in [4.78, 5) is 24.2. The van der Waals surface area contributed by atoms with Crippen LogP contribution in [-0.2, 0) is 18.9 Å². The average molecular weight is 243 g/mol. The summed E-state index contributed by atoms with van der Waals surface area (Å²) in [6.07, 6.45) is 2.14. The first kappa shape index (κ1) is 14.0. The molecular formula is C10H18BNO5. The van der Waals surface area contributed by atoms with Crippen LogP contribution in [0.25, 0.3) is 0 Å². The Kier molecular flexibility index (Phi) is 5.44. The summed E-state index contributed by atoms with van der Waals surface area (Å²) in [5.74, 6) is -0.999. The normalized spacial score (nSPS) is 20.3. The number of nitrogens with zero attached hydrogens (tertiary/aromatic N) is 1. The van der Waals surface area contributed by atoms with Gasteiger partial charge in [0.15, 0.2) is 0 Å². The number of likely N-dealkylation sites (N-methyl/N-ethyl adjacent to an activating group) is 1. The standard InChI is InChI=1S/C10H18BNO5/c1-3-4-5-8(13)11-16-9(14)6-12(2)7-10(15)17-11/h8,13H,3-7H2,1-2H3. The lowest BCUT2D eigenvalue weighted by atomic mass is 9.77. The van der Waals surface area contributed by atoms with Gasteiger partial charge in [0.25, 0.3) is 0 Å². The number of hydrogen-bond donors (Lipinski definition) is 1. The largest absolute Gasteiger partial charge is 0.629 e. The molecule has 0 amide bonds. The van der Waals surface area contributed by atoms with Gasteiger partial charge in [-0.25, -0.2) is 0 Å². The van der Waals surface area contributed by atoms with E-state index in [1.54, 1.807) is 7.05 Å². The molecule has 6 nitrogen and oxygen atoms in total. The van der Waals surface area contributed by atoms with Crippen LogP contribution in [0.5, 0.6) is 0 Å². The van der Waals surface area contributed by atoms with Crippen LogP contribution in [0.2, 0.25) is 0 Å². The Hall–Kier alpha value is -1.08. The maximum absolute atomic E-state index is 11.4. The molecule has 0 saturated carbocycles. The Labute approximate surface area is 101 Å². The Morgan fingerprint density at radius 3 is 2.35 bits per heavy atom. The van der Waals surface area contributed by atoms with Crippen molar-refractivity contribution in [1.82, 2.24) is 4.90 Å². The molecule has 0 spiro atoms. The number of hydrogen-bond acceptors (Lipinski definition) is 6. The third-order valence-corrected chi connectivity index (χ3v) is 2.46. The van der Waals surface area contributed by atoms with Gasteiger partial charge in [0, 0.05) is 0 Å². The fourth-order valence-corrected chi connectivity index (χ4v) is 1.56. The molecule has 1 atom stereocenters. The molecule has 0 aliphatic carbocycles. The maximum atomic E-state index is 11.4. The molecule has 0 bridgehead atoms. The van der Waals surface area contributed by atoms with E-state index in [4.69, 9.17) is 9.31 Å². The maximum Gasteiger partial charge on any atom is 0.629 e. The molecule has 1 heterocycles. The summed E-state index contributed by atoms with van der Waals surface area (Å²) in [6.45, 7) is 2.02. The van der Waals surface area contributed by atoms with Crippen molar-refractivity contribution >= 4 is 19.1 Å². The zero-order valence-corrected chi connectivity index (χ0v) is 10.2. The molecule has 17 heavy (non-hydrogen) atoms. The molecule has 0 aromatic rings. The first-order chi connectivity index (χ1) is 8.02. The van der Waals surface area contributed by atoms with Gasteiger partial charge in [-0.05, 0) is 13.5 Å². The number of aliphatic hydroxyl groups excluding tert-OH is 1. The van der Waals surface area contributed by atoms with Crippen LogP contribution in [0.3, 0.4) is 0 Å². The second kappa shape index (κ2) is 6.61. The SMILES string of the molecule is CCCCC(O)B1OC(=O)CN(C)CC(=O)O1. The van der Waals surface area contributed by atoms with E-state index in [9.17, 15) is 14.7 Å². The van der Waals surface area contributed by atoms with Crippen LogP contribution in [0, 0.1) is 0 Å². The zero-order valence-electron chi connectivity index (χ0n) is 10.2. The summed E-state index contributed by atoms with van der Waals surface area (Å²) in [7, 11) is 0.450. The van der Waals surface area contributed by atoms with Gasteiger partial charge in [-0.3, -0.25) is 14.5 Å². The van der Waals surface area contributed by atoms with E-state index in [1.807, 2.05) is 6.92 Å². The Bertz CT molecular complexity index is 266. The fraction of sp³-hybridized carbons (Fsp3) is 0.800. The Morgan fingerprint density at radius 1 is 1.35 bits per heavy atom. The third kappa shape index (κ3) is 4.74. The molecule has 96 valence electrons. The van der Waals surface area contributed by atoms with Crippen LogP contribution in [0.15, 0.2) is 0 Å². The molecule has 0 aromatic heterocycles. The van der Waals surface area contributed by atoms with Gasteiger partial charge in [-0.2, -0.15) is 0 Å². The number of rotatable bonds is 4. The first-order valence-electron chi connectivity index (χ1n) is 5.78. The Balaban J connectivity index is 2.57. The van der Waals surface area contributed by atoms with Crippen LogP contribution < -0.4 is 0 Å². The number of unbranched alkanes of at least 4 members (excludes halogenated alkanes) is 1. The molecule has 7 heteroatoms. The van der Waals surface area contributed by atoms with Gasteiger partial charge in [-0.1, -0.05) is 19.8 Å². The van der Waals surface area contributed by atoms with E-state index in [0.717, 1.165) is 12.8 Å². The highest BCUT2D eigenvalue weighted by molar-refractivity contribution is 6.50. The third-order valence-electron chi connectivity index (χ3n) is 2.46. The van der Waals surface area contributed by atoms with Crippen LogP contribution in [0.1, 0.15) is 26.2 Å². The number of carbonyl (C=O) groups excluding carboxylic acids is 2. The van der Waals surface area contributed by atoms with Gasteiger partial charge in [0.2, 0.25) is 0 Å². The lowest BCUT2D eigenvalue weighted by Gasteiger charge is -2.24. The predicted molar refractivity (Wildman–Crippen MR) is 61.0 cm³/mol. The van der Waals surface area contributed by atoms with Crippen molar-refractivity contribution in [2.24, 2.45) is 0 Å². The van der Waals surface area contributed by atoms with Crippen molar-refractivity contribution in [3.05, 3.63) is 0 Å². The average Bonchev–Trinajstić information content (AvgIpc) is 2.22. The van der Waals surface area contributed by atoms with Crippen molar-refractivity contribution in [2.75, 3.05) is 20.1 Å². The molecule has 1 fully saturated rings. The summed E-state index contributed by atoms with van der Waals surface area (Å²) >= 11 is 0. The monoisotopic (exact) mass is 243 g/mol. The molecule has 1 aliphatic rings. The molecule has 0 radical (unpaired) electrons. The van der Waals surface area contributed by atoms with Crippen molar-refractivity contribution in [1.29, 1.82) is 0 Å².